The number of aromatic hydroxyl groups is 1. The second-order valence-corrected chi connectivity index (χ2v) is 5.36. The van der Waals surface area contributed by atoms with Crippen molar-refractivity contribution in [1.29, 1.82) is 5.26 Å². The van der Waals surface area contributed by atoms with Gasteiger partial charge < -0.3 is 14.9 Å². The molecule has 5 heteroatoms. The number of carboxylic acid groups (broad SMARTS) is 1. The number of ether oxygens (including phenoxy) is 1. The van der Waals surface area contributed by atoms with E-state index >= 15 is 0 Å². The molecule has 0 spiro atoms. The number of carboxylic acids is 1. The fraction of sp³-hybridized carbons (Fsp3) is 0.200. The minimum atomic E-state index is -0.954. The quantitative estimate of drug-likeness (QED) is 0.746. The van der Waals surface area contributed by atoms with Crippen LogP contribution in [0.2, 0.25) is 0 Å². The van der Waals surface area contributed by atoms with E-state index in [0.29, 0.717) is 17.8 Å². The maximum absolute atomic E-state index is 10.9. The van der Waals surface area contributed by atoms with Gasteiger partial charge in [-0.2, -0.15) is 5.26 Å². The van der Waals surface area contributed by atoms with Crippen molar-refractivity contribution < 1.29 is 19.7 Å². The number of aliphatic carboxylic acids is 1. The highest BCUT2D eigenvalue weighted by Gasteiger charge is 2.14. The molecule has 0 aliphatic heterocycles. The summed E-state index contributed by atoms with van der Waals surface area (Å²) in [7, 11) is 0. The van der Waals surface area contributed by atoms with Gasteiger partial charge in [0.2, 0.25) is 0 Å². The molecule has 0 fully saturated rings. The first-order chi connectivity index (χ1) is 12.0. The summed E-state index contributed by atoms with van der Waals surface area (Å²) in [6, 6.07) is 15.9. The van der Waals surface area contributed by atoms with E-state index in [-0.39, 0.29) is 18.6 Å². The summed E-state index contributed by atoms with van der Waals surface area (Å²) < 4.78 is 5.44. The number of phenols is 1. The number of hydrogen-bond acceptors (Lipinski definition) is 4. The Kier molecular flexibility index (Phi) is 6.19. The maximum atomic E-state index is 10.9. The van der Waals surface area contributed by atoms with Crippen LogP contribution in [0.5, 0.6) is 11.5 Å². The lowest BCUT2D eigenvalue weighted by atomic mass is 9.91. The largest absolute Gasteiger partial charge is 0.508 e. The highest BCUT2D eigenvalue weighted by molar-refractivity contribution is 5.85. The zero-order valence-electron chi connectivity index (χ0n) is 13.9. The molecule has 0 bridgehead atoms. The molecule has 0 aromatic heterocycles. The first-order valence-corrected chi connectivity index (χ1v) is 7.92. The van der Waals surface area contributed by atoms with Gasteiger partial charge >= 0.3 is 5.97 Å². The van der Waals surface area contributed by atoms with Gasteiger partial charge in [-0.3, -0.25) is 4.79 Å². The lowest BCUT2D eigenvalue weighted by Gasteiger charge is -2.13. The van der Waals surface area contributed by atoms with Crippen LogP contribution < -0.4 is 4.74 Å². The molecule has 128 valence electrons. The molecule has 0 radical (unpaired) electrons. The smallest absolute Gasteiger partial charge is 0.303 e. The van der Waals surface area contributed by atoms with Crippen LogP contribution >= 0.6 is 0 Å². The van der Waals surface area contributed by atoms with Crippen molar-refractivity contribution in [1.82, 2.24) is 0 Å². The standard InChI is InChI=1S/C20H19NO4/c1-2-25-18-10-5-15(6-11-18)20(14-3-8-17(22)9-4-14)16(13-21)7-12-19(23)24/h3-6,8-11,22H,2,7,12H2,1H3,(H,23,24)/b20-16-. The first-order valence-electron chi connectivity index (χ1n) is 7.92. The predicted molar refractivity (Wildman–Crippen MR) is 94.2 cm³/mol. The Morgan fingerprint density at radius 3 is 2.08 bits per heavy atom. The zero-order valence-corrected chi connectivity index (χ0v) is 13.9. The summed E-state index contributed by atoms with van der Waals surface area (Å²) in [6.07, 6.45) is 0.0107. The van der Waals surface area contributed by atoms with Crippen molar-refractivity contribution in [3.05, 3.63) is 65.2 Å². The second kappa shape index (κ2) is 8.55. The maximum Gasteiger partial charge on any atom is 0.303 e. The third-order valence-corrected chi connectivity index (χ3v) is 3.64. The van der Waals surface area contributed by atoms with Crippen molar-refractivity contribution >= 4 is 11.5 Å². The minimum Gasteiger partial charge on any atom is -0.508 e. The van der Waals surface area contributed by atoms with Gasteiger partial charge in [0.25, 0.3) is 0 Å². The highest BCUT2D eigenvalue weighted by atomic mass is 16.5. The molecule has 0 saturated carbocycles. The van der Waals surface area contributed by atoms with Gasteiger partial charge in [0.15, 0.2) is 0 Å². The number of benzene rings is 2. The van der Waals surface area contributed by atoms with Crippen LogP contribution in [0.25, 0.3) is 5.57 Å². The number of nitriles is 1. The molecule has 0 aliphatic carbocycles. The fourth-order valence-corrected chi connectivity index (χ4v) is 2.50. The Morgan fingerprint density at radius 1 is 1.04 bits per heavy atom. The summed E-state index contributed by atoms with van der Waals surface area (Å²) in [5, 5.41) is 28.0. The van der Waals surface area contributed by atoms with Gasteiger partial charge in [0, 0.05) is 11.1 Å². The van der Waals surface area contributed by atoms with Crippen LogP contribution in [-0.2, 0) is 4.79 Å². The van der Waals surface area contributed by atoms with E-state index < -0.39 is 5.97 Å². The molecule has 0 heterocycles. The molecule has 25 heavy (non-hydrogen) atoms. The molecule has 2 N–H and O–H groups in total. The van der Waals surface area contributed by atoms with E-state index in [1.165, 1.54) is 12.1 Å². The average molecular weight is 337 g/mol. The van der Waals surface area contributed by atoms with E-state index in [2.05, 4.69) is 6.07 Å². The van der Waals surface area contributed by atoms with Gasteiger partial charge in [-0.05, 0) is 48.7 Å². The van der Waals surface area contributed by atoms with E-state index in [0.717, 1.165) is 16.9 Å². The number of carbonyl (C=O) groups is 1. The molecular weight excluding hydrogens is 318 g/mol. The number of allylic oxidation sites excluding steroid dienone is 1. The van der Waals surface area contributed by atoms with Gasteiger partial charge in [0.1, 0.15) is 11.5 Å². The SMILES string of the molecule is CCOc1ccc(/C(=C(\C#N)CCC(=O)O)c2ccc(O)cc2)cc1. The van der Waals surface area contributed by atoms with E-state index in [1.54, 1.807) is 12.1 Å². The Bertz CT molecular complexity index is 799. The molecule has 5 nitrogen and oxygen atoms in total. The highest BCUT2D eigenvalue weighted by Crippen LogP contribution is 2.31. The number of nitrogens with zero attached hydrogens (tertiary/aromatic N) is 1. The fourth-order valence-electron chi connectivity index (χ4n) is 2.50. The molecule has 0 aliphatic rings. The van der Waals surface area contributed by atoms with Crippen LogP contribution in [0.4, 0.5) is 0 Å². The molecular formula is C20H19NO4. The van der Waals surface area contributed by atoms with Crippen LogP contribution in [0.1, 0.15) is 30.9 Å². The molecule has 0 unspecified atom stereocenters. The van der Waals surface area contributed by atoms with Crippen LogP contribution in [0, 0.1) is 11.3 Å². The molecule has 2 aromatic carbocycles. The lowest BCUT2D eigenvalue weighted by molar-refractivity contribution is -0.136. The van der Waals surface area contributed by atoms with Crippen LogP contribution in [0.15, 0.2) is 54.1 Å². The third-order valence-electron chi connectivity index (χ3n) is 3.64. The van der Waals surface area contributed by atoms with Gasteiger partial charge in [-0.1, -0.05) is 24.3 Å². The summed E-state index contributed by atoms with van der Waals surface area (Å²) in [4.78, 5) is 10.9. The second-order valence-electron chi connectivity index (χ2n) is 5.36. The topological polar surface area (TPSA) is 90.5 Å². The van der Waals surface area contributed by atoms with Crippen LogP contribution in [0.3, 0.4) is 0 Å². The van der Waals surface area contributed by atoms with E-state index in [9.17, 15) is 15.2 Å². The monoisotopic (exact) mass is 337 g/mol. The van der Waals surface area contributed by atoms with Crippen molar-refractivity contribution in [3.63, 3.8) is 0 Å². The van der Waals surface area contributed by atoms with Crippen molar-refractivity contribution in [3.8, 4) is 17.6 Å². The van der Waals surface area contributed by atoms with Crippen molar-refractivity contribution in [2.24, 2.45) is 0 Å². The summed E-state index contributed by atoms with van der Waals surface area (Å²) in [6.45, 7) is 2.46. The Balaban J connectivity index is 2.52. The third kappa shape index (κ3) is 4.85. The number of hydrogen-bond donors (Lipinski definition) is 2. The van der Waals surface area contributed by atoms with E-state index in [4.69, 9.17) is 9.84 Å². The number of phenolic OH excluding ortho intramolecular Hbond substituents is 1. The van der Waals surface area contributed by atoms with Gasteiger partial charge in [0.05, 0.1) is 19.1 Å². The predicted octanol–water partition coefficient (Wildman–Crippen LogP) is 3.98. The summed E-state index contributed by atoms with van der Waals surface area (Å²) >= 11 is 0. The van der Waals surface area contributed by atoms with Crippen molar-refractivity contribution in [2.75, 3.05) is 6.61 Å². The van der Waals surface area contributed by atoms with E-state index in [1.807, 2.05) is 31.2 Å². The molecule has 0 amide bonds. The van der Waals surface area contributed by atoms with Gasteiger partial charge in [-0.15, -0.1) is 0 Å². The molecule has 0 atom stereocenters. The zero-order chi connectivity index (χ0) is 18.2. The summed E-state index contributed by atoms with van der Waals surface area (Å²) in [5.41, 5.74) is 2.57. The molecule has 2 rings (SSSR count). The molecule has 2 aromatic rings. The summed E-state index contributed by atoms with van der Waals surface area (Å²) in [5.74, 6) is -0.108. The molecule has 0 saturated heterocycles. The Morgan fingerprint density at radius 2 is 1.60 bits per heavy atom. The Labute approximate surface area is 146 Å². The average Bonchev–Trinajstić information content (AvgIpc) is 2.61. The van der Waals surface area contributed by atoms with Gasteiger partial charge in [-0.25, -0.2) is 0 Å². The minimum absolute atomic E-state index is 0.124. The Hall–Kier alpha value is -3.26. The number of rotatable bonds is 7. The lowest BCUT2D eigenvalue weighted by Crippen LogP contribution is -1.99. The van der Waals surface area contributed by atoms with Crippen LogP contribution in [-0.4, -0.2) is 22.8 Å². The first kappa shape index (κ1) is 18.1. The normalized spacial score (nSPS) is 11.4. The van der Waals surface area contributed by atoms with Crippen molar-refractivity contribution in [2.45, 2.75) is 19.8 Å².